The maximum Gasteiger partial charge on any atom is 0.107 e. The Morgan fingerprint density at radius 1 is 1.40 bits per heavy atom. The van der Waals surface area contributed by atoms with Crippen LogP contribution in [0, 0.1) is 17.8 Å². The first-order chi connectivity index (χ1) is 7.36. The number of halogens is 1. The highest BCUT2D eigenvalue weighted by Gasteiger charge is 2.53. The molecule has 0 bridgehead atoms. The van der Waals surface area contributed by atoms with Gasteiger partial charge in [-0.25, -0.2) is 4.98 Å². The van der Waals surface area contributed by atoms with Crippen molar-refractivity contribution in [3.05, 3.63) is 18.2 Å². The van der Waals surface area contributed by atoms with Crippen LogP contribution in [0.15, 0.2) is 12.4 Å². The van der Waals surface area contributed by atoms with Crippen LogP contribution < -0.4 is 0 Å². The molecule has 0 saturated heterocycles. The van der Waals surface area contributed by atoms with E-state index >= 15 is 0 Å². The van der Waals surface area contributed by atoms with Gasteiger partial charge in [-0.1, -0.05) is 12.8 Å². The first-order valence-corrected chi connectivity index (χ1v) is 6.42. The van der Waals surface area contributed by atoms with Gasteiger partial charge >= 0.3 is 0 Å². The lowest BCUT2D eigenvalue weighted by Crippen LogP contribution is -2.09. The van der Waals surface area contributed by atoms with Gasteiger partial charge in [0.05, 0.1) is 0 Å². The van der Waals surface area contributed by atoms with Gasteiger partial charge in [0.2, 0.25) is 0 Å². The summed E-state index contributed by atoms with van der Waals surface area (Å²) >= 11 is 6.48. The second-order valence-electron chi connectivity index (χ2n) is 4.95. The molecule has 0 aliphatic heterocycles. The summed E-state index contributed by atoms with van der Waals surface area (Å²) in [5, 5.41) is 0.296. The summed E-state index contributed by atoms with van der Waals surface area (Å²) in [5.74, 6) is 3.70. The third-order valence-electron chi connectivity index (χ3n) is 4.08. The lowest BCUT2D eigenvalue weighted by Gasteiger charge is -2.06. The summed E-state index contributed by atoms with van der Waals surface area (Å²) in [6.45, 7) is 0. The van der Waals surface area contributed by atoms with Crippen molar-refractivity contribution in [2.24, 2.45) is 17.8 Å². The molecule has 1 N–H and O–H groups in total. The van der Waals surface area contributed by atoms with Crippen molar-refractivity contribution in [1.29, 1.82) is 0 Å². The molecule has 2 aliphatic carbocycles. The van der Waals surface area contributed by atoms with Crippen molar-refractivity contribution in [1.82, 2.24) is 9.97 Å². The molecular weight excluding hydrogens is 208 g/mol. The number of rotatable bonds is 3. The van der Waals surface area contributed by atoms with E-state index in [2.05, 4.69) is 9.97 Å². The molecule has 2 nitrogen and oxygen atoms in total. The maximum atomic E-state index is 6.48. The Morgan fingerprint density at radius 2 is 2.13 bits per heavy atom. The van der Waals surface area contributed by atoms with Crippen LogP contribution in [0.4, 0.5) is 0 Å². The van der Waals surface area contributed by atoms with Gasteiger partial charge in [0.1, 0.15) is 5.82 Å². The van der Waals surface area contributed by atoms with Crippen LogP contribution in [0.2, 0.25) is 0 Å². The zero-order chi connectivity index (χ0) is 10.3. The van der Waals surface area contributed by atoms with Crippen LogP contribution in [0.5, 0.6) is 0 Å². The Labute approximate surface area is 95.4 Å². The molecule has 1 heterocycles. The molecule has 3 heteroatoms. The Balaban J connectivity index is 1.59. The summed E-state index contributed by atoms with van der Waals surface area (Å²) in [4.78, 5) is 7.38. The molecule has 2 saturated carbocycles. The molecule has 0 spiro atoms. The average Bonchev–Trinajstić information content (AvgIpc) is 2.77. The Bertz CT molecular complexity index is 310. The molecule has 15 heavy (non-hydrogen) atoms. The number of aromatic amines is 1. The van der Waals surface area contributed by atoms with Gasteiger partial charge in [-0.2, -0.15) is 0 Å². The normalized spacial score (nSPS) is 35.9. The van der Waals surface area contributed by atoms with Crippen LogP contribution in [0.1, 0.15) is 31.5 Å². The number of aromatic nitrogens is 2. The first-order valence-electron chi connectivity index (χ1n) is 5.98. The lowest BCUT2D eigenvalue weighted by molar-refractivity contribution is 0.480. The summed E-state index contributed by atoms with van der Waals surface area (Å²) in [5.41, 5.74) is 0. The number of hydrogen-bond acceptors (Lipinski definition) is 1. The third-order valence-corrected chi connectivity index (χ3v) is 4.53. The first kappa shape index (κ1) is 9.71. The fraction of sp³-hybridized carbons (Fsp3) is 0.750. The largest absolute Gasteiger partial charge is 0.349 e. The Hall–Kier alpha value is -0.500. The van der Waals surface area contributed by atoms with E-state index in [9.17, 15) is 0 Å². The van der Waals surface area contributed by atoms with Crippen molar-refractivity contribution in [3.8, 4) is 0 Å². The minimum atomic E-state index is 0.296. The number of hydrogen-bond donors (Lipinski definition) is 1. The van der Waals surface area contributed by atoms with E-state index in [1.807, 2.05) is 6.20 Å². The number of H-pyrrole nitrogens is 1. The number of alkyl halides is 1. The van der Waals surface area contributed by atoms with Crippen LogP contribution in [-0.4, -0.2) is 15.3 Å². The summed E-state index contributed by atoms with van der Waals surface area (Å²) in [6.07, 6.45) is 10.3. The molecule has 3 rings (SSSR count). The minimum Gasteiger partial charge on any atom is -0.349 e. The molecule has 0 radical (unpaired) electrons. The number of nitrogens with one attached hydrogen (secondary N) is 1. The molecule has 3 atom stereocenters. The molecular formula is C12H17ClN2. The Kier molecular flexibility index (Phi) is 2.47. The van der Waals surface area contributed by atoms with Gasteiger partial charge < -0.3 is 4.98 Å². The molecule has 82 valence electrons. The maximum absolute atomic E-state index is 6.48. The predicted molar refractivity (Wildman–Crippen MR) is 60.9 cm³/mol. The van der Waals surface area contributed by atoms with Crippen LogP contribution >= 0.6 is 11.6 Å². The van der Waals surface area contributed by atoms with Gasteiger partial charge in [0.15, 0.2) is 0 Å². The highest BCUT2D eigenvalue weighted by atomic mass is 35.5. The van der Waals surface area contributed by atoms with Gasteiger partial charge in [-0.3, -0.25) is 0 Å². The fourth-order valence-electron chi connectivity index (χ4n) is 3.31. The molecule has 0 aromatic carbocycles. The quantitative estimate of drug-likeness (QED) is 0.786. The van der Waals surface area contributed by atoms with Crippen molar-refractivity contribution < 1.29 is 0 Å². The molecule has 1 aromatic heterocycles. The van der Waals surface area contributed by atoms with E-state index in [0.29, 0.717) is 5.38 Å². The van der Waals surface area contributed by atoms with Crippen LogP contribution in [0.25, 0.3) is 0 Å². The smallest absolute Gasteiger partial charge is 0.107 e. The summed E-state index contributed by atoms with van der Waals surface area (Å²) in [7, 11) is 0. The molecule has 1 aromatic rings. The van der Waals surface area contributed by atoms with Crippen LogP contribution in [-0.2, 0) is 6.42 Å². The lowest BCUT2D eigenvalue weighted by atomic mass is 10.0. The van der Waals surface area contributed by atoms with E-state index in [0.717, 1.165) is 30.0 Å². The van der Waals surface area contributed by atoms with E-state index < -0.39 is 0 Å². The third kappa shape index (κ3) is 1.80. The molecule has 2 aliphatic rings. The number of imidazole rings is 1. The zero-order valence-electron chi connectivity index (χ0n) is 8.82. The highest BCUT2D eigenvalue weighted by Crippen LogP contribution is 2.58. The predicted octanol–water partition coefficient (Wildman–Crippen LogP) is 3.00. The number of fused-ring (bicyclic) bond motifs is 1. The standard InChI is InChI=1S/C12H17ClN2/c13-10(7-11-14-5-6-15-11)12-8-3-1-2-4-9(8)12/h5-6,8-10,12H,1-4,7H2,(H,14,15). The average molecular weight is 225 g/mol. The van der Waals surface area contributed by atoms with Crippen molar-refractivity contribution in [3.63, 3.8) is 0 Å². The molecule has 3 unspecified atom stereocenters. The fourth-order valence-corrected chi connectivity index (χ4v) is 3.83. The second kappa shape index (κ2) is 3.82. The van der Waals surface area contributed by atoms with Crippen LogP contribution in [0.3, 0.4) is 0 Å². The van der Waals surface area contributed by atoms with Crippen molar-refractivity contribution in [2.75, 3.05) is 0 Å². The molecule has 0 amide bonds. The SMILES string of the molecule is ClC(Cc1ncc[nH]1)C1C2CCCCC21. The minimum absolute atomic E-state index is 0.296. The summed E-state index contributed by atoms with van der Waals surface area (Å²) < 4.78 is 0. The van der Waals surface area contributed by atoms with E-state index in [4.69, 9.17) is 11.6 Å². The van der Waals surface area contributed by atoms with E-state index in [1.54, 1.807) is 6.20 Å². The van der Waals surface area contributed by atoms with Gasteiger partial charge in [-0.15, -0.1) is 11.6 Å². The monoisotopic (exact) mass is 224 g/mol. The van der Waals surface area contributed by atoms with E-state index in [-0.39, 0.29) is 0 Å². The zero-order valence-corrected chi connectivity index (χ0v) is 9.58. The van der Waals surface area contributed by atoms with Gasteiger partial charge in [-0.05, 0) is 30.6 Å². The van der Waals surface area contributed by atoms with Gasteiger partial charge in [0, 0.05) is 24.2 Å². The number of nitrogens with zero attached hydrogens (tertiary/aromatic N) is 1. The summed E-state index contributed by atoms with van der Waals surface area (Å²) in [6, 6.07) is 0. The topological polar surface area (TPSA) is 28.7 Å². The highest BCUT2D eigenvalue weighted by molar-refractivity contribution is 6.21. The van der Waals surface area contributed by atoms with Crippen molar-refractivity contribution in [2.45, 2.75) is 37.5 Å². The Morgan fingerprint density at radius 3 is 2.73 bits per heavy atom. The van der Waals surface area contributed by atoms with Crippen molar-refractivity contribution >= 4 is 11.6 Å². The van der Waals surface area contributed by atoms with E-state index in [1.165, 1.54) is 25.7 Å². The molecule has 2 fully saturated rings. The second-order valence-corrected chi connectivity index (χ2v) is 5.51. The van der Waals surface area contributed by atoms with Gasteiger partial charge in [0.25, 0.3) is 0 Å².